The Morgan fingerprint density at radius 1 is 1.05 bits per heavy atom. The van der Waals surface area contributed by atoms with Crippen molar-refractivity contribution in [1.29, 1.82) is 0 Å². The second-order valence-electron chi connectivity index (χ2n) is 4.99. The largest absolute Gasteiger partial charge is 0.392 e. The van der Waals surface area contributed by atoms with Crippen molar-refractivity contribution in [3.8, 4) is 0 Å². The standard InChI is InChI=1S/C17H20N2O2/c1-12-16(4-3-5-17(12)19-13(2)21)18-10-14-6-8-15(11-20)9-7-14/h3-9,18,20H,10-11H2,1-2H3,(H,19,21). The summed E-state index contributed by atoms with van der Waals surface area (Å²) in [6.45, 7) is 4.23. The van der Waals surface area contributed by atoms with Crippen LogP contribution in [-0.4, -0.2) is 11.0 Å². The zero-order valence-corrected chi connectivity index (χ0v) is 12.3. The highest BCUT2D eigenvalue weighted by molar-refractivity contribution is 5.90. The number of nitrogens with one attached hydrogen (secondary N) is 2. The van der Waals surface area contributed by atoms with E-state index in [9.17, 15) is 4.79 Å². The second-order valence-corrected chi connectivity index (χ2v) is 4.99. The summed E-state index contributed by atoms with van der Waals surface area (Å²) in [4.78, 5) is 11.2. The van der Waals surface area contributed by atoms with Gasteiger partial charge in [-0.2, -0.15) is 0 Å². The van der Waals surface area contributed by atoms with Gasteiger partial charge in [0.2, 0.25) is 5.91 Å². The van der Waals surface area contributed by atoms with Crippen LogP contribution in [0, 0.1) is 6.92 Å². The molecule has 4 heteroatoms. The summed E-state index contributed by atoms with van der Waals surface area (Å²) in [6.07, 6.45) is 0. The zero-order valence-electron chi connectivity index (χ0n) is 12.3. The molecule has 0 bridgehead atoms. The quantitative estimate of drug-likeness (QED) is 0.791. The van der Waals surface area contributed by atoms with E-state index in [1.165, 1.54) is 6.92 Å². The van der Waals surface area contributed by atoms with Crippen molar-refractivity contribution >= 4 is 17.3 Å². The SMILES string of the molecule is CC(=O)Nc1cccc(NCc2ccc(CO)cc2)c1C. The van der Waals surface area contributed by atoms with Crippen molar-refractivity contribution in [3.63, 3.8) is 0 Å². The minimum Gasteiger partial charge on any atom is -0.392 e. The molecule has 0 heterocycles. The number of amides is 1. The van der Waals surface area contributed by atoms with Crippen LogP contribution < -0.4 is 10.6 Å². The summed E-state index contributed by atoms with van der Waals surface area (Å²) in [5.74, 6) is -0.0742. The lowest BCUT2D eigenvalue weighted by atomic mass is 10.1. The number of carbonyl (C=O) groups is 1. The average Bonchev–Trinajstić information content (AvgIpc) is 2.48. The lowest BCUT2D eigenvalue weighted by molar-refractivity contribution is -0.114. The first kappa shape index (κ1) is 15.1. The molecule has 4 nitrogen and oxygen atoms in total. The summed E-state index contributed by atoms with van der Waals surface area (Å²) in [5, 5.41) is 15.2. The van der Waals surface area contributed by atoms with E-state index in [4.69, 9.17) is 5.11 Å². The Hall–Kier alpha value is -2.33. The fourth-order valence-electron chi connectivity index (χ4n) is 2.11. The molecule has 110 valence electrons. The first-order valence-electron chi connectivity index (χ1n) is 6.90. The van der Waals surface area contributed by atoms with E-state index in [-0.39, 0.29) is 12.5 Å². The number of carbonyl (C=O) groups excluding carboxylic acids is 1. The Kier molecular flexibility index (Phi) is 4.95. The lowest BCUT2D eigenvalue weighted by Crippen LogP contribution is -2.09. The van der Waals surface area contributed by atoms with Gasteiger partial charge in [-0.1, -0.05) is 30.3 Å². The van der Waals surface area contributed by atoms with Crippen LogP contribution in [0.4, 0.5) is 11.4 Å². The summed E-state index contributed by atoms with van der Waals surface area (Å²) >= 11 is 0. The van der Waals surface area contributed by atoms with Crippen LogP contribution in [0.1, 0.15) is 23.6 Å². The van der Waals surface area contributed by atoms with Crippen LogP contribution >= 0.6 is 0 Å². The fraction of sp³-hybridized carbons (Fsp3) is 0.235. The molecule has 2 aromatic rings. The van der Waals surface area contributed by atoms with Gasteiger partial charge in [-0.15, -0.1) is 0 Å². The number of hydrogen-bond acceptors (Lipinski definition) is 3. The second kappa shape index (κ2) is 6.90. The monoisotopic (exact) mass is 284 g/mol. The summed E-state index contributed by atoms with van der Waals surface area (Å²) < 4.78 is 0. The zero-order chi connectivity index (χ0) is 15.2. The number of benzene rings is 2. The molecule has 21 heavy (non-hydrogen) atoms. The molecule has 3 N–H and O–H groups in total. The highest BCUT2D eigenvalue weighted by Gasteiger charge is 2.05. The molecule has 0 aliphatic rings. The minimum atomic E-state index is -0.0742. The third-order valence-corrected chi connectivity index (χ3v) is 3.33. The van der Waals surface area contributed by atoms with Crippen molar-refractivity contribution < 1.29 is 9.90 Å². The van der Waals surface area contributed by atoms with E-state index >= 15 is 0 Å². The predicted octanol–water partition coefficient (Wildman–Crippen LogP) is 3.06. The van der Waals surface area contributed by atoms with E-state index in [0.717, 1.165) is 28.1 Å². The summed E-state index contributed by atoms with van der Waals surface area (Å²) in [7, 11) is 0. The van der Waals surface area contributed by atoms with Crippen LogP contribution in [0.25, 0.3) is 0 Å². The minimum absolute atomic E-state index is 0.0611. The number of anilines is 2. The van der Waals surface area contributed by atoms with Gasteiger partial charge in [-0.25, -0.2) is 0 Å². The molecule has 0 saturated carbocycles. The molecule has 2 aromatic carbocycles. The molecule has 0 saturated heterocycles. The van der Waals surface area contributed by atoms with Crippen LogP contribution in [0.3, 0.4) is 0 Å². The molecule has 0 fully saturated rings. The van der Waals surface area contributed by atoms with Gasteiger partial charge in [0.05, 0.1) is 6.61 Å². The molecule has 2 rings (SSSR count). The third-order valence-electron chi connectivity index (χ3n) is 3.33. The summed E-state index contributed by atoms with van der Waals surface area (Å²) in [5.41, 5.74) is 4.87. The molecule has 0 radical (unpaired) electrons. The van der Waals surface area contributed by atoms with E-state index in [0.29, 0.717) is 6.54 Å². The maximum Gasteiger partial charge on any atom is 0.221 e. The highest BCUT2D eigenvalue weighted by atomic mass is 16.3. The Balaban J connectivity index is 2.07. The topological polar surface area (TPSA) is 61.4 Å². The highest BCUT2D eigenvalue weighted by Crippen LogP contribution is 2.23. The lowest BCUT2D eigenvalue weighted by Gasteiger charge is -2.13. The maximum atomic E-state index is 11.2. The number of aliphatic hydroxyl groups excluding tert-OH is 1. The number of aliphatic hydroxyl groups is 1. The van der Waals surface area contributed by atoms with E-state index < -0.39 is 0 Å². The molecule has 0 unspecified atom stereocenters. The Bertz CT molecular complexity index is 621. The van der Waals surface area contributed by atoms with Gasteiger partial charge in [-0.05, 0) is 35.7 Å². The average molecular weight is 284 g/mol. The van der Waals surface area contributed by atoms with E-state index in [1.54, 1.807) is 0 Å². The van der Waals surface area contributed by atoms with Crippen molar-refractivity contribution in [2.24, 2.45) is 0 Å². The predicted molar refractivity (Wildman–Crippen MR) is 85.2 cm³/mol. The Labute approximate surface area is 124 Å². The molecular formula is C17H20N2O2. The van der Waals surface area contributed by atoms with Crippen LogP contribution in [0.2, 0.25) is 0 Å². The van der Waals surface area contributed by atoms with Crippen LogP contribution in [0.15, 0.2) is 42.5 Å². The van der Waals surface area contributed by atoms with Gasteiger partial charge in [-0.3, -0.25) is 4.79 Å². The van der Waals surface area contributed by atoms with Gasteiger partial charge >= 0.3 is 0 Å². The van der Waals surface area contributed by atoms with Gasteiger partial charge in [0.1, 0.15) is 0 Å². The summed E-state index contributed by atoms with van der Waals surface area (Å²) in [6, 6.07) is 13.6. The van der Waals surface area contributed by atoms with Gasteiger partial charge < -0.3 is 15.7 Å². The van der Waals surface area contributed by atoms with Crippen molar-refractivity contribution in [3.05, 3.63) is 59.2 Å². The van der Waals surface area contributed by atoms with Gasteiger partial charge in [0.25, 0.3) is 0 Å². The van der Waals surface area contributed by atoms with E-state index in [2.05, 4.69) is 10.6 Å². The van der Waals surface area contributed by atoms with Gasteiger partial charge in [0.15, 0.2) is 0 Å². The molecule has 0 spiro atoms. The number of rotatable bonds is 5. The Morgan fingerprint density at radius 3 is 2.29 bits per heavy atom. The van der Waals surface area contributed by atoms with E-state index in [1.807, 2.05) is 49.4 Å². The molecule has 0 atom stereocenters. The van der Waals surface area contributed by atoms with Crippen molar-refractivity contribution in [1.82, 2.24) is 0 Å². The molecular weight excluding hydrogens is 264 g/mol. The van der Waals surface area contributed by atoms with Crippen molar-refractivity contribution in [2.45, 2.75) is 27.0 Å². The maximum absolute atomic E-state index is 11.2. The fourth-order valence-corrected chi connectivity index (χ4v) is 2.11. The smallest absolute Gasteiger partial charge is 0.221 e. The molecule has 0 aliphatic carbocycles. The normalized spacial score (nSPS) is 10.2. The van der Waals surface area contributed by atoms with Gasteiger partial charge in [0, 0.05) is 24.8 Å². The van der Waals surface area contributed by atoms with Crippen LogP contribution in [-0.2, 0) is 17.9 Å². The van der Waals surface area contributed by atoms with Crippen molar-refractivity contribution in [2.75, 3.05) is 10.6 Å². The first-order valence-corrected chi connectivity index (χ1v) is 6.90. The molecule has 1 amide bonds. The Morgan fingerprint density at radius 2 is 1.67 bits per heavy atom. The number of hydrogen-bond donors (Lipinski definition) is 3. The first-order chi connectivity index (χ1) is 10.1. The van der Waals surface area contributed by atoms with Crippen LogP contribution in [0.5, 0.6) is 0 Å². The molecule has 0 aliphatic heterocycles. The molecule has 0 aromatic heterocycles. The third kappa shape index (κ3) is 4.07.